The van der Waals surface area contributed by atoms with E-state index in [1.165, 1.54) is 19.3 Å². The number of hydrogen-bond acceptors (Lipinski definition) is 1. The fourth-order valence-electron chi connectivity index (χ4n) is 2.59. The van der Waals surface area contributed by atoms with Crippen LogP contribution in [0.4, 0.5) is 0 Å². The number of hydrogen-bond donors (Lipinski definition) is 1. The van der Waals surface area contributed by atoms with Crippen molar-refractivity contribution in [2.24, 2.45) is 23.5 Å². The Kier molecular flexibility index (Phi) is 1.22. The van der Waals surface area contributed by atoms with Crippen LogP contribution < -0.4 is 5.73 Å². The Balaban J connectivity index is 2.08. The first-order valence-corrected chi connectivity index (χ1v) is 4.06. The van der Waals surface area contributed by atoms with E-state index in [0.717, 1.165) is 12.3 Å². The van der Waals surface area contributed by atoms with Gasteiger partial charge in [0.1, 0.15) is 0 Å². The first-order chi connectivity index (χ1) is 4.77. The number of rotatable bonds is 1. The average Bonchev–Trinajstić information content (AvgIpc) is 2.44. The van der Waals surface area contributed by atoms with E-state index in [1.807, 2.05) is 0 Å². The molecule has 0 aliphatic heterocycles. The molecule has 0 heterocycles. The zero-order valence-corrected chi connectivity index (χ0v) is 6.05. The summed E-state index contributed by atoms with van der Waals surface area (Å²) in [6, 6.07) is 0. The van der Waals surface area contributed by atoms with E-state index in [-0.39, 0.29) is 11.8 Å². The van der Waals surface area contributed by atoms with Gasteiger partial charge in [0, 0.05) is 5.92 Å². The quantitative estimate of drug-likeness (QED) is 0.576. The summed E-state index contributed by atoms with van der Waals surface area (Å²) in [6.45, 7) is 0. The van der Waals surface area contributed by atoms with Gasteiger partial charge in [-0.2, -0.15) is 0 Å². The van der Waals surface area contributed by atoms with Crippen LogP contribution in [-0.2, 0) is 4.79 Å². The predicted molar refractivity (Wildman–Crippen MR) is 38.1 cm³/mol. The van der Waals surface area contributed by atoms with Crippen LogP contribution in [0.15, 0.2) is 0 Å². The van der Waals surface area contributed by atoms with E-state index in [4.69, 9.17) is 5.73 Å². The number of carbonyl (C=O) groups is 1. The molecule has 10 heavy (non-hydrogen) atoms. The van der Waals surface area contributed by atoms with E-state index in [9.17, 15) is 4.79 Å². The molecule has 2 bridgehead atoms. The van der Waals surface area contributed by atoms with Crippen LogP contribution in [0.3, 0.4) is 0 Å². The lowest BCUT2D eigenvalue weighted by molar-refractivity contribution is -0.123. The Morgan fingerprint density at radius 2 is 2.10 bits per heavy atom. The Hall–Kier alpha value is -0.530. The molecular weight excluding hydrogens is 126 g/mol. The summed E-state index contributed by atoms with van der Waals surface area (Å²) in [5, 5.41) is 0. The van der Waals surface area contributed by atoms with E-state index >= 15 is 0 Å². The molecule has 2 N–H and O–H groups in total. The van der Waals surface area contributed by atoms with Gasteiger partial charge in [0.25, 0.3) is 0 Å². The van der Waals surface area contributed by atoms with Crippen LogP contribution in [0.25, 0.3) is 0 Å². The third-order valence-corrected chi connectivity index (χ3v) is 3.10. The molecule has 3 atom stereocenters. The normalized spacial score (nSPS) is 44.2. The number of amides is 1. The van der Waals surface area contributed by atoms with Crippen molar-refractivity contribution >= 4 is 5.91 Å². The summed E-state index contributed by atoms with van der Waals surface area (Å²) in [5.74, 6) is 1.66. The zero-order chi connectivity index (χ0) is 7.14. The molecule has 0 saturated heterocycles. The van der Waals surface area contributed by atoms with E-state index in [0.29, 0.717) is 5.92 Å². The number of nitrogens with two attached hydrogens (primary N) is 1. The molecule has 2 aliphatic carbocycles. The Morgan fingerprint density at radius 1 is 1.30 bits per heavy atom. The largest absolute Gasteiger partial charge is 0.369 e. The van der Waals surface area contributed by atoms with Crippen LogP contribution in [0.2, 0.25) is 0 Å². The minimum Gasteiger partial charge on any atom is -0.369 e. The second-order valence-electron chi connectivity index (χ2n) is 3.68. The van der Waals surface area contributed by atoms with Gasteiger partial charge in [-0.05, 0) is 31.1 Å². The van der Waals surface area contributed by atoms with Crippen LogP contribution in [0, 0.1) is 17.8 Å². The molecule has 0 spiro atoms. The maximum absolute atomic E-state index is 10.8. The predicted octanol–water partition coefficient (Wildman–Crippen LogP) is 0.908. The van der Waals surface area contributed by atoms with Crippen LogP contribution >= 0.6 is 0 Å². The number of carbonyl (C=O) groups excluding carboxylic acids is 1. The highest BCUT2D eigenvalue weighted by Gasteiger charge is 2.41. The van der Waals surface area contributed by atoms with Crippen LogP contribution in [0.1, 0.15) is 25.7 Å². The molecule has 0 unspecified atom stereocenters. The molecule has 2 aliphatic rings. The van der Waals surface area contributed by atoms with Crippen molar-refractivity contribution in [3.63, 3.8) is 0 Å². The van der Waals surface area contributed by atoms with E-state index < -0.39 is 0 Å². The van der Waals surface area contributed by atoms with Gasteiger partial charge in [0.15, 0.2) is 0 Å². The molecule has 0 aromatic rings. The summed E-state index contributed by atoms with van der Waals surface area (Å²) in [7, 11) is 0. The molecule has 2 saturated carbocycles. The highest BCUT2D eigenvalue weighted by molar-refractivity contribution is 5.77. The van der Waals surface area contributed by atoms with Crippen molar-refractivity contribution in [3.05, 3.63) is 0 Å². The van der Waals surface area contributed by atoms with E-state index in [1.54, 1.807) is 0 Å². The van der Waals surface area contributed by atoms with Crippen molar-refractivity contribution in [2.45, 2.75) is 25.7 Å². The standard InChI is InChI=1S/C8H13NO/c9-8(10)7-4-5-1-2-6(7)3-5/h5-7H,1-4H2,(H2,9,10)/t5-,6-,7-/m0/s1. The van der Waals surface area contributed by atoms with Crippen molar-refractivity contribution in [3.8, 4) is 0 Å². The summed E-state index contributed by atoms with van der Waals surface area (Å²) < 4.78 is 0. The fraction of sp³-hybridized carbons (Fsp3) is 0.875. The summed E-state index contributed by atoms with van der Waals surface area (Å²) in [5.41, 5.74) is 5.25. The second-order valence-corrected chi connectivity index (χ2v) is 3.68. The summed E-state index contributed by atoms with van der Waals surface area (Å²) in [4.78, 5) is 10.8. The fourth-order valence-corrected chi connectivity index (χ4v) is 2.59. The van der Waals surface area contributed by atoms with Crippen LogP contribution in [0.5, 0.6) is 0 Å². The highest BCUT2D eigenvalue weighted by atomic mass is 16.1. The van der Waals surface area contributed by atoms with Gasteiger partial charge in [-0.3, -0.25) is 4.79 Å². The van der Waals surface area contributed by atoms with Gasteiger partial charge >= 0.3 is 0 Å². The molecule has 1 amide bonds. The first kappa shape index (κ1) is 6.20. The average molecular weight is 139 g/mol. The van der Waals surface area contributed by atoms with Crippen molar-refractivity contribution < 1.29 is 4.79 Å². The molecule has 2 fully saturated rings. The molecule has 2 heteroatoms. The lowest BCUT2D eigenvalue weighted by Crippen LogP contribution is -2.27. The molecule has 0 aromatic heterocycles. The summed E-state index contributed by atoms with van der Waals surface area (Å²) in [6.07, 6.45) is 4.94. The van der Waals surface area contributed by atoms with Crippen molar-refractivity contribution in [2.75, 3.05) is 0 Å². The first-order valence-electron chi connectivity index (χ1n) is 4.06. The van der Waals surface area contributed by atoms with Gasteiger partial charge in [0.2, 0.25) is 5.91 Å². The Labute approximate surface area is 60.8 Å². The topological polar surface area (TPSA) is 43.1 Å². The highest BCUT2D eigenvalue weighted by Crippen LogP contribution is 2.47. The minimum absolute atomic E-state index is 0.0628. The SMILES string of the molecule is NC(=O)[C@H]1C[C@H]2CC[C@H]1C2. The summed E-state index contributed by atoms with van der Waals surface area (Å²) >= 11 is 0. The lowest BCUT2D eigenvalue weighted by Gasteiger charge is -2.17. The van der Waals surface area contributed by atoms with Crippen LogP contribution in [-0.4, -0.2) is 5.91 Å². The molecule has 0 aromatic carbocycles. The Bertz CT molecular complexity index is 167. The van der Waals surface area contributed by atoms with E-state index in [2.05, 4.69) is 0 Å². The van der Waals surface area contributed by atoms with Crippen molar-refractivity contribution in [1.82, 2.24) is 0 Å². The molecule has 56 valence electrons. The third-order valence-electron chi connectivity index (χ3n) is 3.10. The second kappa shape index (κ2) is 1.97. The van der Waals surface area contributed by atoms with Gasteiger partial charge in [-0.1, -0.05) is 6.42 Å². The number of fused-ring (bicyclic) bond motifs is 2. The minimum atomic E-state index is -0.0628. The molecular formula is C8H13NO. The molecule has 2 rings (SSSR count). The zero-order valence-electron chi connectivity index (χ0n) is 6.05. The lowest BCUT2D eigenvalue weighted by atomic mass is 9.88. The maximum atomic E-state index is 10.8. The van der Waals surface area contributed by atoms with Gasteiger partial charge in [-0.25, -0.2) is 0 Å². The van der Waals surface area contributed by atoms with Gasteiger partial charge in [0.05, 0.1) is 0 Å². The maximum Gasteiger partial charge on any atom is 0.220 e. The monoisotopic (exact) mass is 139 g/mol. The van der Waals surface area contributed by atoms with Crippen molar-refractivity contribution in [1.29, 1.82) is 0 Å². The Morgan fingerprint density at radius 3 is 2.40 bits per heavy atom. The number of primary amides is 1. The molecule has 2 nitrogen and oxygen atoms in total. The molecule has 0 radical (unpaired) electrons. The smallest absolute Gasteiger partial charge is 0.220 e. The van der Waals surface area contributed by atoms with Gasteiger partial charge < -0.3 is 5.73 Å². The van der Waals surface area contributed by atoms with Gasteiger partial charge in [-0.15, -0.1) is 0 Å². The third kappa shape index (κ3) is 0.746.